The lowest BCUT2D eigenvalue weighted by atomic mass is 10.3. The molecule has 0 aliphatic rings. The van der Waals surface area contributed by atoms with Crippen LogP contribution < -0.4 is 5.32 Å². The van der Waals surface area contributed by atoms with Gasteiger partial charge >= 0.3 is 0 Å². The van der Waals surface area contributed by atoms with E-state index < -0.39 is 10.7 Å². The molecule has 0 fully saturated rings. The Kier molecular flexibility index (Phi) is 4.89. The summed E-state index contributed by atoms with van der Waals surface area (Å²) in [6, 6.07) is 11.8. The molecule has 0 atom stereocenters. The molecule has 0 bridgehead atoms. The van der Waals surface area contributed by atoms with E-state index in [1.165, 1.54) is 42.1 Å². The zero-order valence-corrected chi connectivity index (χ0v) is 11.6. The van der Waals surface area contributed by atoms with Crippen LogP contribution in [-0.2, 0) is 4.79 Å². The van der Waals surface area contributed by atoms with Crippen LogP contribution in [0.5, 0.6) is 0 Å². The molecule has 2 rings (SSSR count). The molecule has 0 aliphatic heterocycles. The van der Waals surface area contributed by atoms with Crippen LogP contribution in [0.15, 0.2) is 53.4 Å². The highest BCUT2D eigenvalue weighted by atomic mass is 32.2. The van der Waals surface area contributed by atoms with E-state index in [2.05, 4.69) is 5.32 Å². The van der Waals surface area contributed by atoms with Gasteiger partial charge in [0.25, 0.3) is 5.69 Å². The molecule has 108 valence electrons. The smallest absolute Gasteiger partial charge is 0.269 e. The molecule has 0 radical (unpaired) electrons. The SMILES string of the molecule is O=C(CSc1ccc([N+](=O)[O-])cc1)Nc1ccccc1F. The van der Waals surface area contributed by atoms with E-state index in [0.29, 0.717) is 0 Å². The first kappa shape index (κ1) is 15.0. The lowest BCUT2D eigenvalue weighted by Gasteiger charge is -2.06. The Balaban J connectivity index is 1.89. The minimum Gasteiger partial charge on any atom is -0.323 e. The number of non-ortho nitro benzene ring substituents is 1. The molecular weight excluding hydrogens is 295 g/mol. The molecule has 0 saturated carbocycles. The van der Waals surface area contributed by atoms with Crippen LogP contribution in [0, 0.1) is 15.9 Å². The maximum absolute atomic E-state index is 13.3. The largest absolute Gasteiger partial charge is 0.323 e. The van der Waals surface area contributed by atoms with Gasteiger partial charge in [0.1, 0.15) is 5.82 Å². The molecule has 1 amide bonds. The Labute approximate surface area is 124 Å². The number of carbonyl (C=O) groups is 1. The average Bonchev–Trinajstić information content (AvgIpc) is 2.48. The molecule has 0 aliphatic carbocycles. The highest BCUT2D eigenvalue weighted by Gasteiger charge is 2.08. The van der Waals surface area contributed by atoms with E-state index in [9.17, 15) is 19.3 Å². The number of nitro groups is 1. The van der Waals surface area contributed by atoms with Crippen LogP contribution in [0.2, 0.25) is 0 Å². The quantitative estimate of drug-likeness (QED) is 0.521. The van der Waals surface area contributed by atoms with Gasteiger partial charge in [-0.05, 0) is 24.3 Å². The molecule has 0 heterocycles. The van der Waals surface area contributed by atoms with Crippen molar-refractivity contribution in [3.63, 3.8) is 0 Å². The Bertz CT molecular complexity index is 662. The number of halogens is 1. The molecule has 0 unspecified atom stereocenters. The van der Waals surface area contributed by atoms with Gasteiger partial charge in [-0.1, -0.05) is 12.1 Å². The number of anilines is 1. The minimum atomic E-state index is -0.494. The van der Waals surface area contributed by atoms with Gasteiger partial charge in [-0.25, -0.2) is 4.39 Å². The third-order valence-electron chi connectivity index (χ3n) is 2.57. The minimum absolute atomic E-state index is 0.00448. The molecule has 5 nitrogen and oxygen atoms in total. The van der Waals surface area contributed by atoms with Gasteiger partial charge in [-0.3, -0.25) is 14.9 Å². The van der Waals surface area contributed by atoms with Gasteiger partial charge in [0, 0.05) is 17.0 Å². The van der Waals surface area contributed by atoms with Crippen molar-refractivity contribution >= 4 is 29.0 Å². The van der Waals surface area contributed by atoms with Gasteiger partial charge in [-0.2, -0.15) is 0 Å². The van der Waals surface area contributed by atoms with E-state index in [1.807, 2.05) is 0 Å². The topological polar surface area (TPSA) is 72.2 Å². The number of hydrogen-bond donors (Lipinski definition) is 1. The molecular formula is C14H11FN2O3S. The highest BCUT2D eigenvalue weighted by molar-refractivity contribution is 8.00. The second kappa shape index (κ2) is 6.85. The number of nitrogens with one attached hydrogen (secondary N) is 1. The van der Waals surface area contributed by atoms with Crippen molar-refractivity contribution in [1.82, 2.24) is 0 Å². The Morgan fingerprint density at radius 3 is 2.48 bits per heavy atom. The Morgan fingerprint density at radius 2 is 1.86 bits per heavy atom. The number of carbonyl (C=O) groups excluding carboxylic acids is 1. The normalized spacial score (nSPS) is 10.1. The third-order valence-corrected chi connectivity index (χ3v) is 3.58. The zero-order valence-electron chi connectivity index (χ0n) is 10.8. The van der Waals surface area contributed by atoms with Crippen molar-refractivity contribution in [1.29, 1.82) is 0 Å². The second-order valence-corrected chi connectivity index (χ2v) is 5.12. The summed E-state index contributed by atoms with van der Waals surface area (Å²) in [7, 11) is 0. The van der Waals surface area contributed by atoms with E-state index in [4.69, 9.17) is 0 Å². The first-order chi connectivity index (χ1) is 10.1. The van der Waals surface area contributed by atoms with E-state index in [1.54, 1.807) is 18.2 Å². The maximum Gasteiger partial charge on any atom is 0.269 e. The monoisotopic (exact) mass is 306 g/mol. The Hall–Kier alpha value is -2.41. The first-order valence-corrected chi connectivity index (χ1v) is 6.96. The van der Waals surface area contributed by atoms with Crippen molar-refractivity contribution < 1.29 is 14.1 Å². The van der Waals surface area contributed by atoms with Crippen molar-refractivity contribution in [2.45, 2.75) is 4.90 Å². The molecule has 0 aromatic heterocycles. The summed E-state index contributed by atoms with van der Waals surface area (Å²) in [5.74, 6) is -0.749. The molecule has 2 aromatic carbocycles. The number of nitrogens with zero attached hydrogens (tertiary/aromatic N) is 1. The number of hydrogen-bond acceptors (Lipinski definition) is 4. The predicted octanol–water partition coefficient (Wildman–Crippen LogP) is 3.46. The van der Waals surface area contributed by atoms with E-state index >= 15 is 0 Å². The van der Waals surface area contributed by atoms with Gasteiger partial charge in [0.2, 0.25) is 5.91 Å². The molecule has 2 aromatic rings. The van der Waals surface area contributed by atoms with Crippen LogP contribution in [-0.4, -0.2) is 16.6 Å². The average molecular weight is 306 g/mol. The van der Waals surface area contributed by atoms with Gasteiger partial charge in [0.05, 0.1) is 16.4 Å². The van der Waals surface area contributed by atoms with Crippen LogP contribution >= 0.6 is 11.8 Å². The van der Waals surface area contributed by atoms with Crippen molar-refractivity contribution in [3.8, 4) is 0 Å². The number of amides is 1. The van der Waals surface area contributed by atoms with Crippen LogP contribution in [0.4, 0.5) is 15.8 Å². The molecule has 7 heteroatoms. The molecule has 1 N–H and O–H groups in total. The summed E-state index contributed by atoms with van der Waals surface area (Å²) in [5, 5.41) is 13.0. The Morgan fingerprint density at radius 1 is 1.19 bits per heavy atom. The number of thioether (sulfide) groups is 1. The van der Waals surface area contributed by atoms with Crippen molar-refractivity contribution in [2.75, 3.05) is 11.1 Å². The fraction of sp³-hybridized carbons (Fsp3) is 0.0714. The van der Waals surface area contributed by atoms with Gasteiger partial charge in [0.15, 0.2) is 0 Å². The van der Waals surface area contributed by atoms with E-state index in [-0.39, 0.29) is 23.0 Å². The van der Waals surface area contributed by atoms with Crippen molar-refractivity contribution in [3.05, 3.63) is 64.5 Å². The first-order valence-electron chi connectivity index (χ1n) is 5.98. The number of benzene rings is 2. The number of nitro benzene ring substituents is 1. The molecule has 0 saturated heterocycles. The standard InChI is InChI=1S/C14H11FN2O3S/c15-12-3-1-2-4-13(12)16-14(18)9-21-11-7-5-10(6-8-11)17(19)20/h1-8H,9H2,(H,16,18). The summed E-state index contributed by atoms with van der Waals surface area (Å²) in [6.45, 7) is 0. The fourth-order valence-electron chi connectivity index (χ4n) is 1.56. The lowest BCUT2D eigenvalue weighted by molar-refractivity contribution is -0.384. The summed E-state index contributed by atoms with van der Waals surface area (Å²) in [4.78, 5) is 22.5. The summed E-state index contributed by atoms with van der Waals surface area (Å²) >= 11 is 1.22. The summed E-state index contributed by atoms with van der Waals surface area (Å²) in [6.07, 6.45) is 0. The van der Waals surface area contributed by atoms with Gasteiger partial charge in [-0.15, -0.1) is 11.8 Å². The maximum atomic E-state index is 13.3. The van der Waals surface area contributed by atoms with Crippen molar-refractivity contribution in [2.24, 2.45) is 0 Å². The van der Waals surface area contributed by atoms with Crippen LogP contribution in [0.25, 0.3) is 0 Å². The number of para-hydroxylation sites is 1. The molecule has 0 spiro atoms. The fourth-order valence-corrected chi connectivity index (χ4v) is 2.26. The van der Waals surface area contributed by atoms with Crippen LogP contribution in [0.3, 0.4) is 0 Å². The van der Waals surface area contributed by atoms with Crippen LogP contribution in [0.1, 0.15) is 0 Å². The predicted molar refractivity (Wildman–Crippen MR) is 78.9 cm³/mol. The highest BCUT2D eigenvalue weighted by Crippen LogP contribution is 2.21. The zero-order chi connectivity index (χ0) is 15.2. The number of rotatable bonds is 5. The summed E-state index contributed by atoms with van der Waals surface area (Å²) < 4.78 is 13.3. The van der Waals surface area contributed by atoms with E-state index in [0.717, 1.165) is 4.90 Å². The van der Waals surface area contributed by atoms with Gasteiger partial charge < -0.3 is 5.32 Å². The lowest BCUT2D eigenvalue weighted by Crippen LogP contribution is -2.14. The summed E-state index contributed by atoms with van der Waals surface area (Å²) in [5.41, 5.74) is 0.127. The molecule has 21 heavy (non-hydrogen) atoms. The second-order valence-electron chi connectivity index (χ2n) is 4.07. The third kappa shape index (κ3) is 4.28.